The highest BCUT2D eigenvalue weighted by Gasteiger charge is 2.46. The van der Waals surface area contributed by atoms with Gasteiger partial charge in [-0.3, -0.25) is 15.3 Å². The smallest absolute Gasteiger partial charge is 0.119 e. The van der Waals surface area contributed by atoms with Gasteiger partial charge in [-0.05, 0) is 55.3 Å². The third kappa shape index (κ3) is 2.48. The zero-order valence-electron chi connectivity index (χ0n) is 15.2. The van der Waals surface area contributed by atoms with Crippen LogP contribution < -0.4 is 15.8 Å². The number of aromatic nitrogens is 2. The van der Waals surface area contributed by atoms with Gasteiger partial charge in [0.2, 0.25) is 0 Å². The molecule has 0 aliphatic carbocycles. The molecular formula is C21H22N4O. The summed E-state index contributed by atoms with van der Waals surface area (Å²) < 4.78 is 5.47. The molecule has 2 atom stereocenters. The summed E-state index contributed by atoms with van der Waals surface area (Å²) in [6.07, 6.45) is 1.43. The normalized spacial score (nSPS) is 21.5. The summed E-state index contributed by atoms with van der Waals surface area (Å²) in [5, 5.41) is 3.60. The monoisotopic (exact) mass is 346 g/mol. The molecule has 5 nitrogen and oxygen atoms in total. The number of aryl methyl sites for hydroxylation is 2. The van der Waals surface area contributed by atoms with Gasteiger partial charge >= 0.3 is 0 Å². The molecule has 1 aliphatic rings. The Morgan fingerprint density at radius 3 is 2.54 bits per heavy atom. The van der Waals surface area contributed by atoms with Gasteiger partial charge in [-0.1, -0.05) is 18.2 Å². The maximum absolute atomic E-state index is 6.42. The van der Waals surface area contributed by atoms with E-state index >= 15 is 0 Å². The second kappa shape index (κ2) is 6.20. The lowest BCUT2D eigenvalue weighted by atomic mass is 9.78. The van der Waals surface area contributed by atoms with Crippen molar-refractivity contribution < 1.29 is 4.74 Å². The van der Waals surface area contributed by atoms with Crippen LogP contribution in [0.4, 0.5) is 0 Å². The quantitative estimate of drug-likeness (QED) is 0.763. The highest BCUT2D eigenvalue weighted by molar-refractivity contribution is 5.56. The fourth-order valence-electron chi connectivity index (χ4n) is 3.91. The van der Waals surface area contributed by atoms with E-state index in [1.165, 1.54) is 0 Å². The maximum Gasteiger partial charge on any atom is 0.119 e. The van der Waals surface area contributed by atoms with Crippen LogP contribution in [0.3, 0.4) is 0 Å². The third-order valence-electron chi connectivity index (χ3n) is 4.93. The SMILES string of the molecule is COc1cccc(C2(c3cc(C)nc(C)c3)NC(N)c3ncccc32)c1. The summed E-state index contributed by atoms with van der Waals surface area (Å²) in [7, 11) is 1.68. The summed E-state index contributed by atoms with van der Waals surface area (Å²) in [6.45, 7) is 4.02. The Balaban J connectivity index is 2.05. The summed E-state index contributed by atoms with van der Waals surface area (Å²) >= 11 is 0. The van der Waals surface area contributed by atoms with Crippen molar-refractivity contribution in [1.29, 1.82) is 0 Å². The molecule has 1 aromatic carbocycles. The first-order valence-electron chi connectivity index (χ1n) is 8.63. The van der Waals surface area contributed by atoms with Crippen LogP contribution in [0.2, 0.25) is 0 Å². The van der Waals surface area contributed by atoms with Crippen molar-refractivity contribution in [2.75, 3.05) is 7.11 Å². The summed E-state index contributed by atoms with van der Waals surface area (Å²) in [4.78, 5) is 9.08. The molecule has 26 heavy (non-hydrogen) atoms. The highest BCUT2D eigenvalue weighted by Crippen LogP contribution is 2.45. The predicted octanol–water partition coefficient (Wildman–Crippen LogP) is 2.95. The number of hydrogen-bond donors (Lipinski definition) is 2. The third-order valence-corrected chi connectivity index (χ3v) is 4.93. The minimum atomic E-state index is -0.601. The number of pyridine rings is 2. The largest absolute Gasteiger partial charge is 0.497 e. The molecule has 3 N–H and O–H groups in total. The van der Waals surface area contributed by atoms with Gasteiger partial charge < -0.3 is 10.5 Å². The number of ether oxygens (including phenoxy) is 1. The van der Waals surface area contributed by atoms with E-state index in [-0.39, 0.29) is 6.17 Å². The molecule has 2 unspecified atom stereocenters. The van der Waals surface area contributed by atoms with Crippen LogP contribution in [0.25, 0.3) is 0 Å². The molecule has 0 radical (unpaired) electrons. The Kier molecular flexibility index (Phi) is 3.98. The molecule has 0 fully saturated rings. The second-order valence-corrected chi connectivity index (χ2v) is 6.68. The van der Waals surface area contributed by atoms with E-state index in [4.69, 9.17) is 10.5 Å². The van der Waals surface area contributed by atoms with Gasteiger partial charge in [0.05, 0.1) is 18.3 Å². The van der Waals surface area contributed by atoms with Gasteiger partial charge in [-0.15, -0.1) is 0 Å². The van der Waals surface area contributed by atoms with Gasteiger partial charge in [-0.2, -0.15) is 0 Å². The van der Waals surface area contributed by atoms with Crippen molar-refractivity contribution in [3.63, 3.8) is 0 Å². The second-order valence-electron chi connectivity index (χ2n) is 6.68. The Morgan fingerprint density at radius 2 is 1.81 bits per heavy atom. The molecule has 1 aliphatic heterocycles. The van der Waals surface area contributed by atoms with E-state index in [9.17, 15) is 0 Å². The molecule has 0 saturated carbocycles. The van der Waals surface area contributed by atoms with E-state index in [0.717, 1.165) is 39.5 Å². The number of fused-ring (bicyclic) bond motifs is 1. The van der Waals surface area contributed by atoms with Gasteiger partial charge in [0.15, 0.2) is 0 Å². The predicted molar refractivity (Wildman–Crippen MR) is 101 cm³/mol. The highest BCUT2D eigenvalue weighted by atomic mass is 16.5. The average molecular weight is 346 g/mol. The van der Waals surface area contributed by atoms with E-state index in [2.05, 4.69) is 39.6 Å². The number of hydrogen-bond acceptors (Lipinski definition) is 5. The first-order chi connectivity index (χ1) is 12.5. The Bertz CT molecular complexity index is 951. The van der Waals surface area contributed by atoms with Crippen LogP contribution >= 0.6 is 0 Å². The zero-order chi connectivity index (χ0) is 18.3. The van der Waals surface area contributed by atoms with Gasteiger partial charge in [0.1, 0.15) is 11.9 Å². The number of rotatable bonds is 3. The maximum atomic E-state index is 6.42. The lowest BCUT2D eigenvalue weighted by Gasteiger charge is -2.33. The van der Waals surface area contributed by atoms with E-state index < -0.39 is 5.54 Å². The number of nitrogens with two attached hydrogens (primary N) is 1. The van der Waals surface area contributed by atoms with Crippen LogP contribution in [0.15, 0.2) is 54.7 Å². The molecular weight excluding hydrogens is 324 g/mol. The van der Waals surface area contributed by atoms with Crippen LogP contribution in [0, 0.1) is 13.8 Å². The summed E-state index contributed by atoms with van der Waals surface area (Å²) in [5.41, 5.74) is 11.8. The van der Waals surface area contributed by atoms with Crippen molar-refractivity contribution in [3.8, 4) is 5.75 Å². The number of methoxy groups -OCH3 is 1. The molecule has 3 aromatic rings. The molecule has 0 saturated heterocycles. The van der Waals surface area contributed by atoms with E-state index in [1.54, 1.807) is 13.3 Å². The molecule has 3 heterocycles. The van der Waals surface area contributed by atoms with Crippen LogP contribution in [0.1, 0.15) is 39.9 Å². The molecule has 0 spiro atoms. The van der Waals surface area contributed by atoms with Gasteiger partial charge in [0, 0.05) is 23.1 Å². The topological polar surface area (TPSA) is 73.1 Å². The lowest BCUT2D eigenvalue weighted by molar-refractivity contribution is 0.409. The Labute approximate surface area is 153 Å². The minimum Gasteiger partial charge on any atom is -0.497 e. The summed E-state index contributed by atoms with van der Waals surface area (Å²) in [6, 6.07) is 16.3. The van der Waals surface area contributed by atoms with Crippen molar-refractivity contribution >= 4 is 0 Å². The van der Waals surface area contributed by atoms with Crippen LogP contribution in [-0.4, -0.2) is 17.1 Å². The summed E-state index contributed by atoms with van der Waals surface area (Å²) in [5.74, 6) is 0.803. The number of nitrogens with zero attached hydrogens (tertiary/aromatic N) is 2. The minimum absolute atomic E-state index is 0.355. The molecule has 2 aromatic heterocycles. The average Bonchev–Trinajstić information content (AvgIpc) is 2.95. The van der Waals surface area contributed by atoms with Gasteiger partial charge in [-0.25, -0.2) is 0 Å². The van der Waals surface area contributed by atoms with Gasteiger partial charge in [0.25, 0.3) is 0 Å². The van der Waals surface area contributed by atoms with E-state index in [0.29, 0.717) is 0 Å². The van der Waals surface area contributed by atoms with Crippen molar-refractivity contribution in [2.24, 2.45) is 5.73 Å². The molecule has 5 heteroatoms. The molecule has 0 amide bonds. The first-order valence-corrected chi connectivity index (χ1v) is 8.63. The van der Waals surface area contributed by atoms with Crippen LogP contribution in [-0.2, 0) is 5.54 Å². The van der Waals surface area contributed by atoms with E-state index in [1.807, 2.05) is 38.1 Å². The Morgan fingerprint density at radius 1 is 1.04 bits per heavy atom. The zero-order valence-corrected chi connectivity index (χ0v) is 15.2. The van der Waals surface area contributed by atoms with Crippen molar-refractivity contribution in [1.82, 2.24) is 15.3 Å². The number of nitrogens with one attached hydrogen (secondary N) is 1. The van der Waals surface area contributed by atoms with Crippen LogP contribution in [0.5, 0.6) is 5.75 Å². The van der Waals surface area contributed by atoms with Crippen molar-refractivity contribution in [3.05, 3.63) is 88.5 Å². The lowest BCUT2D eigenvalue weighted by Crippen LogP contribution is -2.42. The fraction of sp³-hybridized carbons (Fsp3) is 0.238. The molecule has 4 rings (SSSR count). The van der Waals surface area contributed by atoms with Crippen molar-refractivity contribution in [2.45, 2.75) is 25.6 Å². The molecule has 132 valence electrons. The first kappa shape index (κ1) is 16.7. The number of benzene rings is 1. The standard InChI is InChI=1S/C21H22N4O/c1-13-10-16(11-14(2)24-13)21(15-6-4-7-17(12-15)26-3)18-8-5-9-23-19(18)20(22)25-21/h4-12,20,25H,22H2,1-3H3. The Hall–Kier alpha value is -2.76. The molecule has 0 bridgehead atoms. The fourth-order valence-corrected chi connectivity index (χ4v) is 3.91.